The van der Waals surface area contributed by atoms with E-state index in [1.165, 1.54) is 23.5 Å². The fourth-order valence-corrected chi connectivity index (χ4v) is 6.49. The number of benzene rings is 2. The van der Waals surface area contributed by atoms with E-state index in [9.17, 15) is 26.4 Å². The van der Waals surface area contributed by atoms with Gasteiger partial charge in [0.2, 0.25) is 5.13 Å². The van der Waals surface area contributed by atoms with Crippen LogP contribution in [0.5, 0.6) is 5.75 Å². The summed E-state index contributed by atoms with van der Waals surface area (Å²) in [6, 6.07) is 8.99. The largest absolute Gasteiger partial charge is 0.493 e. The number of rotatable bonds is 9. The maximum Gasteiger partial charge on any atom is 0.416 e. The molecular formula is C26H29F3N4O4S2. The van der Waals surface area contributed by atoms with Crippen LogP contribution < -0.4 is 14.8 Å². The minimum Gasteiger partial charge on any atom is -0.493 e. The Kier molecular flexibility index (Phi) is 8.50. The van der Waals surface area contributed by atoms with Crippen molar-refractivity contribution in [1.82, 2.24) is 15.5 Å². The number of hydrogen-bond donors (Lipinski definition) is 2. The number of ether oxygens (including phenoxy) is 1. The smallest absolute Gasteiger partial charge is 0.416 e. The van der Waals surface area contributed by atoms with Crippen molar-refractivity contribution >= 4 is 32.4 Å². The molecule has 2 atom stereocenters. The van der Waals surface area contributed by atoms with Gasteiger partial charge in [0.15, 0.2) is 0 Å². The molecule has 0 aliphatic heterocycles. The van der Waals surface area contributed by atoms with Gasteiger partial charge in [0.1, 0.15) is 10.8 Å². The number of anilines is 1. The van der Waals surface area contributed by atoms with Gasteiger partial charge in [0.25, 0.3) is 15.9 Å². The summed E-state index contributed by atoms with van der Waals surface area (Å²) in [6.07, 6.45) is -2.28. The first-order chi connectivity index (χ1) is 18.4. The Bertz CT molecular complexity index is 1420. The lowest BCUT2D eigenvalue weighted by Gasteiger charge is -2.22. The number of carbonyl (C=O) groups excluding carboxylic acids is 1. The lowest BCUT2D eigenvalue weighted by atomic mass is 9.94. The molecule has 13 heteroatoms. The molecule has 1 aromatic heterocycles. The Morgan fingerprint density at radius 1 is 1.13 bits per heavy atom. The molecule has 2 N–H and O–H groups in total. The third-order valence-corrected chi connectivity index (χ3v) is 9.08. The molecule has 1 heterocycles. The van der Waals surface area contributed by atoms with Crippen LogP contribution in [-0.2, 0) is 16.2 Å². The van der Waals surface area contributed by atoms with Crippen LogP contribution in [0.4, 0.5) is 18.3 Å². The summed E-state index contributed by atoms with van der Waals surface area (Å²) in [4.78, 5) is 13.1. The summed E-state index contributed by atoms with van der Waals surface area (Å²) in [5.41, 5.74) is -0.00946. The van der Waals surface area contributed by atoms with E-state index in [2.05, 4.69) is 20.2 Å². The van der Waals surface area contributed by atoms with Crippen molar-refractivity contribution in [3.05, 3.63) is 64.2 Å². The second-order valence-electron chi connectivity index (χ2n) is 9.53. The molecule has 1 aliphatic carbocycles. The monoisotopic (exact) mass is 582 g/mol. The molecule has 210 valence electrons. The molecule has 2 aromatic carbocycles. The van der Waals surface area contributed by atoms with Crippen molar-refractivity contribution < 1.29 is 31.1 Å². The van der Waals surface area contributed by atoms with E-state index in [0.717, 1.165) is 41.6 Å². The number of amides is 1. The molecule has 4 rings (SSSR count). The number of alkyl halides is 3. The second-order valence-corrected chi connectivity index (χ2v) is 12.2. The van der Waals surface area contributed by atoms with Crippen LogP contribution in [0.3, 0.4) is 0 Å². The number of halogens is 3. The molecule has 0 radical (unpaired) electrons. The highest BCUT2D eigenvalue weighted by Gasteiger charge is 2.34. The SMILES string of the molecule is CCOc1cc(C(F)(F)F)ccc1C(=O)N[C@H]1CCC[C@H]1c1ccc(S(=O)(=O)Nc2nnc(C(C)C)s2)cc1. The summed E-state index contributed by atoms with van der Waals surface area (Å²) in [5, 5.41) is 11.8. The molecule has 0 bridgehead atoms. The second kappa shape index (κ2) is 11.5. The third-order valence-electron chi connectivity index (χ3n) is 6.46. The number of sulfonamides is 1. The Morgan fingerprint density at radius 2 is 1.85 bits per heavy atom. The minimum atomic E-state index is -4.55. The normalized spacial score (nSPS) is 17.8. The quantitative estimate of drug-likeness (QED) is 0.323. The van der Waals surface area contributed by atoms with Crippen molar-refractivity contribution in [2.24, 2.45) is 0 Å². The molecule has 1 aliphatic rings. The van der Waals surface area contributed by atoms with Gasteiger partial charge >= 0.3 is 6.18 Å². The maximum atomic E-state index is 13.1. The minimum absolute atomic E-state index is 0.0281. The van der Waals surface area contributed by atoms with Gasteiger partial charge in [-0.1, -0.05) is 43.7 Å². The zero-order valence-corrected chi connectivity index (χ0v) is 23.2. The number of hydrogen-bond acceptors (Lipinski definition) is 7. The summed E-state index contributed by atoms with van der Waals surface area (Å²) in [7, 11) is -3.86. The van der Waals surface area contributed by atoms with Gasteiger partial charge in [0.05, 0.1) is 22.6 Å². The number of nitrogens with one attached hydrogen (secondary N) is 2. The van der Waals surface area contributed by atoms with Crippen LogP contribution in [-0.4, -0.2) is 37.2 Å². The van der Waals surface area contributed by atoms with E-state index >= 15 is 0 Å². The molecule has 1 amide bonds. The first kappa shape index (κ1) is 28.8. The van der Waals surface area contributed by atoms with Gasteiger partial charge in [-0.3, -0.25) is 9.52 Å². The van der Waals surface area contributed by atoms with E-state index in [1.54, 1.807) is 19.1 Å². The molecule has 1 saturated carbocycles. The molecule has 0 unspecified atom stereocenters. The average Bonchev–Trinajstić information content (AvgIpc) is 3.53. The molecule has 39 heavy (non-hydrogen) atoms. The van der Waals surface area contributed by atoms with Crippen LogP contribution in [0.15, 0.2) is 47.4 Å². The molecule has 8 nitrogen and oxygen atoms in total. The van der Waals surface area contributed by atoms with E-state index in [0.29, 0.717) is 6.42 Å². The molecule has 1 fully saturated rings. The number of nitrogens with zero attached hydrogens (tertiary/aromatic N) is 2. The molecule has 3 aromatic rings. The molecule has 0 spiro atoms. The first-order valence-electron chi connectivity index (χ1n) is 12.5. The van der Waals surface area contributed by atoms with Crippen LogP contribution in [0.1, 0.15) is 78.4 Å². The Morgan fingerprint density at radius 3 is 2.46 bits per heavy atom. The molecular weight excluding hydrogens is 553 g/mol. The zero-order chi connectivity index (χ0) is 28.4. The van der Waals surface area contributed by atoms with Gasteiger partial charge in [-0.15, -0.1) is 10.2 Å². The summed E-state index contributed by atoms with van der Waals surface area (Å²) in [6.45, 7) is 5.62. The lowest BCUT2D eigenvalue weighted by Crippen LogP contribution is -2.36. The number of carbonyl (C=O) groups is 1. The first-order valence-corrected chi connectivity index (χ1v) is 14.8. The van der Waals surface area contributed by atoms with Crippen LogP contribution in [0.25, 0.3) is 0 Å². The predicted octanol–water partition coefficient (Wildman–Crippen LogP) is 5.95. The fraction of sp³-hybridized carbons (Fsp3) is 0.423. The summed E-state index contributed by atoms with van der Waals surface area (Å²) >= 11 is 1.18. The van der Waals surface area contributed by atoms with Gasteiger partial charge in [-0.2, -0.15) is 13.2 Å². The fourth-order valence-electron chi connectivity index (χ4n) is 4.52. The van der Waals surface area contributed by atoms with Crippen molar-refractivity contribution in [2.45, 2.75) is 69.0 Å². The molecule has 0 saturated heterocycles. The van der Waals surface area contributed by atoms with Gasteiger partial charge in [-0.25, -0.2) is 8.42 Å². The average molecular weight is 583 g/mol. The highest BCUT2D eigenvalue weighted by molar-refractivity contribution is 7.93. The topological polar surface area (TPSA) is 110 Å². The van der Waals surface area contributed by atoms with Gasteiger partial charge < -0.3 is 10.1 Å². The highest BCUT2D eigenvalue weighted by atomic mass is 32.2. The number of aromatic nitrogens is 2. The highest BCUT2D eigenvalue weighted by Crippen LogP contribution is 2.37. The van der Waals surface area contributed by atoms with E-state index < -0.39 is 27.7 Å². The Hall–Kier alpha value is -3.19. The predicted molar refractivity (Wildman–Crippen MR) is 142 cm³/mol. The van der Waals surface area contributed by atoms with E-state index in [-0.39, 0.29) is 45.8 Å². The van der Waals surface area contributed by atoms with Crippen molar-refractivity contribution in [3.8, 4) is 5.75 Å². The lowest BCUT2D eigenvalue weighted by molar-refractivity contribution is -0.137. The van der Waals surface area contributed by atoms with Gasteiger partial charge in [-0.05, 0) is 55.7 Å². The van der Waals surface area contributed by atoms with Crippen molar-refractivity contribution in [1.29, 1.82) is 0 Å². The maximum absolute atomic E-state index is 13.1. The van der Waals surface area contributed by atoms with Gasteiger partial charge in [0, 0.05) is 17.9 Å². The Balaban J connectivity index is 1.48. The summed E-state index contributed by atoms with van der Waals surface area (Å²) < 4.78 is 72.9. The standard InChI is InChI=1S/C26H29F3N4O4S2/c1-4-37-22-14-17(26(27,28)29)10-13-20(22)23(34)30-21-7-5-6-19(21)16-8-11-18(12-9-16)39(35,36)33-25-32-31-24(38-25)15(2)3/h8-15,19,21H,4-7H2,1-3H3,(H,30,34)(H,32,33)/t19-,21-/m0/s1. The van der Waals surface area contributed by atoms with Crippen LogP contribution in [0.2, 0.25) is 0 Å². The van der Waals surface area contributed by atoms with E-state index in [1.807, 2.05) is 13.8 Å². The third kappa shape index (κ3) is 6.70. The van der Waals surface area contributed by atoms with Crippen LogP contribution in [0, 0.1) is 0 Å². The van der Waals surface area contributed by atoms with Crippen molar-refractivity contribution in [2.75, 3.05) is 11.3 Å². The van der Waals surface area contributed by atoms with Crippen LogP contribution >= 0.6 is 11.3 Å². The van der Waals surface area contributed by atoms with Crippen molar-refractivity contribution in [3.63, 3.8) is 0 Å². The Labute approximate surface area is 229 Å². The summed E-state index contributed by atoms with van der Waals surface area (Å²) in [5.74, 6) is -0.604. The van der Waals surface area contributed by atoms with E-state index in [4.69, 9.17) is 4.74 Å². The zero-order valence-electron chi connectivity index (χ0n) is 21.6.